The number of ketones is 2. The van der Waals surface area contributed by atoms with E-state index >= 15 is 0 Å². The maximum absolute atomic E-state index is 14.2. The van der Waals surface area contributed by atoms with Crippen molar-refractivity contribution in [2.75, 3.05) is 4.90 Å². The molecule has 8 aromatic carbocycles. The van der Waals surface area contributed by atoms with Gasteiger partial charge in [0.15, 0.2) is 69.6 Å². The Hall–Kier alpha value is -7.72. The molecule has 2 aliphatic rings. The summed E-state index contributed by atoms with van der Waals surface area (Å²) >= 11 is 3.03. The third-order valence-electron chi connectivity index (χ3n) is 10.3. The van der Waals surface area contributed by atoms with Gasteiger partial charge in [0, 0.05) is 27.7 Å². The molecule has 0 amide bonds. The number of carbonyl (C=O) groups excluding carboxylic acids is 2. The highest BCUT2D eigenvalue weighted by atomic mass is 79.9. The minimum Gasteiger partial charge on any atom is -0.457 e. The highest BCUT2D eigenvalue weighted by Gasteiger charge is 2.33. The van der Waals surface area contributed by atoms with E-state index in [1.807, 2.05) is 24.3 Å². The molecule has 336 valence electrons. The summed E-state index contributed by atoms with van der Waals surface area (Å²) in [5.74, 6) is -21.5. The number of fused-ring (bicyclic) bond motifs is 4. The number of nitrogens with zero attached hydrogens (tertiary/aromatic N) is 1. The molecule has 0 bridgehead atoms. The second kappa shape index (κ2) is 19.0. The lowest BCUT2D eigenvalue weighted by atomic mass is 10.00. The Labute approximate surface area is 382 Å². The quantitative estimate of drug-likeness (QED) is 0.0744. The number of carbonyl (C=O) groups is 2. The Morgan fingerprint density at radius 2 is 0.761 bits per heavy atom. The van der Waals surface area contributed by atoms with Crippen molar-refractivity contribution in [3.8, 4) is 23.0 Å². The van der Waals surface area contributed by atoms with E-state index in [0.29, 0.717) is 33.0 Å². The van der Waals surface area contributed by atoms with Gasteiger partial charge in [0.25, 0.3) is 0 Å². The van der Waals surface area contributed by atoms with Gasteiger partial charge in [-0.3, -0.25) is 9.59 Å². The van der Waals surface area contributed by atoms with Crippen LogP contribution in [0.2, 0.25) is 0 Å². The van der Waals surface area contributed by atoms with Crippen LogP contribution in [-0.4, -0.2) is 11.6 Å². The smallest absolute Gasteiger partial charge is 0.200 e. The number of benzene rings is 8. The molecule has 2 aliphatic heterocycles. The lowest BCUT2D eigenvalue weighted by molar-refractivity contribution is 0.101. The molecule has 5 nitrogen and oxygen atoms in total. The molecule has 10 rings (SSSR count). The zero-order valence-electron chi connectivity index (χ0n) is 33.8. The van der Waals surface area contributed by atoms with Crippen LogP contribution in [0.4, 0.5) is 61.0 Å². The van der Waals surface area contributed by atoms with Gasteiger partial charge < -0.3 is 14.4 Å². The number of hydrogen-bond acceptors (Lipinski definition) is 5. The molecule has 0 aromatic heterocycles. The summed E-state index contributed by atoms with van der Waals surface area (Å²) < 4.78 is 147. The van der Waals surface area contributed by atoms with Gasteiger partial charge >= 0.3 is 0 Å². The maximum atomic E-state index is 14.2. The number of anilines is 3. The van der Waals surface area contributed by atoms with Gasteiger partial charge in [0.05, 0.1) is 11.4 Å². The van der Waals surface area contributed by atoms with Crippen LogP contribution in [0.3, 0.4) is 0 Å². The summed E-state index contributed by atoms with van der Waals surface area (Å²) in [5, 5.41) is 0. The zero-order chi connectivity index (χ0) is 47.7. The molecule has 0 radical (unpaired) electrons. The molecule has 0 spiro atoms. The average molecular weight is 987 g/mol. The fraction of sp³-hybridized carbons (Fsp3) is 0.0196. The van der Waals surface area contributed by atoms with Gasteiger partial charge in [-0.2, -0.15) is 0 Å². The molecule has 2 heterocycles. The van der Waals surface area contributed by atoms with Crippen LogP contribution >= 0.6 is 15.9 Å². The third-order valence-corrected chi connectivity index (χ3v) is 10.8. The first kappa shape index (κ1) is 45.8. The van der Waals surface area contributed by atoms with Gasteiger partial charge in [0.1, 0.15) is 22.6 Å². The van der Waals surface area contributed by atoms with Crippen LogP contribution in [0.25, 0.3) is 0 Å². The van der Waals surface area contributed by atoms with E-state index in [1.165, 1.54) is 53.6 Å². The number of para-hydroxylation sites is 6. The summed E-state index contributed by atoms with van der Waals surface area (Å²) in [7, 11) is 0. The third kappa shape index (κ3) is 8.87. The minimum atomic E-state index is -2.32. The molecule has 8 aromatic rings. The highest BCUT2D eigenvalue weighted by Crippen LogP contribution is 2.50. The molecular formula is C51H26BrF10NO4. The van der Waals surface area contributed by atoms with Crippen molar-refractivity contribution in [1.29, 1.82) is 0 Å². The fourth-order valence-corrected chi connectivity index (χ4v) is 7.52. The van der Waals surface area contributed by atoms with E-state index in [-0.39, 0.29) is 11.1 Å². The first-order valence-electron chi connectivity index (χ1n) is 19.6. The monoisotopic (exact) mass is 985 g/mol. The predicted octanol–water partition coefficient (Wildman–Crippen LogP) is 14.9. The Bertz CT molecular complexity index is 3080. The number of hydrogen-bond donors (Lipinski definition) is 0. The highest BCUT2D eigenvalue weighted by molar-refractivity contribution is 9.10. The van der Waals surface area contributed by atoms with Crippen molar-refractivity contribution in [2.24, 2.45) is 0 Å². The standard InChI is InChI=1S/C25H12F5NO2.C13H4BrF5O.C13H10O/c26-20-19(21(27)23(29)24(30)22(20)28)25(32)13-6-5-7-14(12-13)31-15-8-1-3-10-17(15)33-18-11-4-2-9-16(18)31;14-6-3-1-2-5(4-6)13(20)7-8(15)10(17)12(19)11(18)9(7)16;1-3-7-12-10(5-1)9-11-6-2-4-8-13(11)14-12/h1-12H;1-4H;1-8H,9H2. The first-order chi connectivity index (χ1) is 32.2. The second-order valence-electron chi connectivity index (χ2n) is 14.5. The van der Waals surface area contributed by atoms with Crippen molar-refractivity contribution >= 4 is 44.6 Å². The van der Waals surface area contributed by atoms with E-state index in [4.69, 9.17) is 9.47 Å². The van der Waals surface area contributed by atoms with Crippen molar-refractivity contribution in [2.45, 2.75) is 6.42 Å². The van der Waals surface area contributed by atoms with Gasteiger partial charge in [-0.1, -0.05) is 101 Å². The predicted molar refractivity (Wildman–Crippen MR) is 230 cm³/mol. The topological polar surface area (TPSA) is 55.8 Å². The Balaban J connectivity index is 0.000000151. The molecule has 0 N–H and O–H groups in total. The number of halogens is 11. The minimum absolute atomic E-state index is 0.206. The summed E-state index contributed by atoms with van der Waals surface area (Å²) in [6, 6.07) is 41.6. The fourth-order valence-electron chi connectivity index (χ4n) is 7.12. The molecule has 0 saturated carbocycles. The van der Waals surface area contributed by atoms with Gasteiger partial charge in [0.2, 0.25) is 11.6 Å². The van der Waals surface area contributed by atoms with Gasteiger partial charge in [-0.15, -0.1) is 0 Å². The SMILES string of the molecule is O=C(c1cccc(Br)c1)c1c(F)c(F)c(F)c(F)c1F.O=C(c1cccc(N2c3ccccc3Oc3ccccc32)c1)c1c(F)c(F)c(F)c(F)c1F.c1ccc2c(c1)Cc1ccccc1O2. The largest absolute Gasteiger partial charge is 0.457 e. The Kier molecular flexibility index (Phi) is 13.0. The van der Waals surface area contributed by atoms with E-state index in [2.05, 4.69) is 40.2 Å². The summed E-state index contributed by atoms with van der Waals surface area (Å²) in [6.45, 7) is 0. The average Bonchev–Trinajstić information content (AvgIpc) is 3.35. The second-order valence-corrected chi connectivity index (χ2v) is 15.4. The maximum Gasteiger partial charge on any atom is 0.200 e. The summed E-state index contributed by atoms with van der Waals surface area (Å²) in [6.07, 6.45) is 0.979. The van der Waals surface area contributed by atoms with E-state index in [1.54, 1.807) is 59.5 Å². The Morgan fingerprint density at radius 3 is 1.21 bits per heavy atom. The van der Waals surface area contributed by atoms with Crippen LogP contribution in [0.15, 0.2) is 150 Å². The molecular weight excluding hydrogens is 960 g/mol. The zero-order valence-corrected chi connectivity index (χ0v) is 35.4. The lowest BCUT2D eigenvalue weighted by Crippen LogP contribution is -2.17. The van der Waals surface area contributed by atoms with E-state index in [0.717, 1.165) is 17.9 Å². The van der Waals surface area contributed by atoms with Crippen molar-refractivity contribution in [3.63, 3.8) is 0 Å². The van der Waals surface area contributed by atoms with Crippen LogP contribution in [0.1, 0.15) is 43.0 Å². The first-order valence-corrected chi connectivity index (χ1v) is 20.4. The van der Waals surface area contributed by atoms with E-state index < -0.39 is 80.9 Å². The molecule has 0 fully saturated rings. The Morgan fingerprint density at radius 1 is 0.403 bits per heavy atom. The van der Waals surface area contributed by atoms with Gasteiger partial charge in [-0.05, 0) is 71.8 Å². The molecule has 67 heavy (non-hydrogen) atoms. The van der Waals surface area contributed by atoms with Gasteiger partial charge in [-0.25, -0.2) is 43.9 Å². The van der Waals surface area contributed by atoms with E-state index in [9.17, 15) is 53.5 Å². The molecule has 0 saturated heterocycles. The van der Waals surface area contributed by atoms with Crippen LogP contribution < -0.4 is 14.4 Å². The molecule has 0 unspecified atom stereocenters. The van der Waals surface area contributed by atoms with Crippen LogP contribution in [0.5, 0.6) is 23.0 Å². The van der Waals surface area contributed by atoms with Crippen molar-refractivity contribution in [3.05, 3.63) is 242 Å². The summed E-state index contributed by atoms with van der Waals surface area (Å²) in [4.78, 5) is 26.5. The van der Waals surface area contributed by atoms with Crippen LogP contribution in [0, 0.1) is 58.2 Å². The normalized spacial score (nSPS) is 11.8. The van der Waals surface area contributed by atoms with Crippen molar-refractivity contribution in [1.82, 2.24) is 0 Å². The molecule has 0 aliphatic carbocycles. The summed E-state index contributed by atoms with van der Waals surface area (Å²) in [5.41, 5.74) is 0.796. The molecule has 16 heteroatoms. The number of ether oxygens (including phenoxy) is 2. The molecule has 0 atom stereocenters. The lowest BCUT2D eigenvalue weighted by Gasteiger charge is -2.32. The number of rotatable bonds is 5. The van der Waals surface area contributed by atoms with Crippen molar-refractivity contribution < 1.29 is 63.0 Å². The van der Waals surface area contributed by atoms with Crippen LogP contribution in [-0.2, 0) is 6.42 Å².